The number of nitrogens with zero attached hydrogens (tertiary/aromatic N) is 6. The van der Waals surface area contributed by atoms with Gasteiger partial charge in [-0.2, -0.15) is 0 Å². The molecule has 3 aromatic heterocycles. The van der Waals surface area contributed by atoms with Crippen LogP contribution in [0.3, 0.4) is 0 Å². The van der Waals surface area contributed by atoms with Gasteiger partial charge in [0, 0.05) is 21.1 Å². The van der Waals surface area contributed by atoms with Crippen LogP contribution >= 0.6 is 0 Å². The molecule has 0 N–H and O–H groups in total. The first-order valence-electron chi connectivity index (χ1n) is 11.9. The van der Waals surface area contributed by atoms with Crippen molar-refractivity contribution >= 4 is 61.6 Å². The van der Waals surface area contributed by atoms with Crippen molar-refractivity contribution < 1.29 is 21.1 Å². The number of benzene rings is 2. The molecule has 11 heteroatoms. The van der Waals surface area contributed by atoms with Crippen molar-refractivity contribution in [2.45, 2.75) is 41.5 Å². The third kappa shape index (κ3) is 9.75. The van der Waals surface area contributed by atoms with Crippen LogP contribution in [0, 0.1) is 41.5 Å². The van der Waals surface area contributed by atoms with Crippen molar-refractivity contribution in [3.05, 3.63) is 113 Å². The molecule has 6 nitrogen and oxygen atoms in total. The standard InChI is InChI=1S/C15H22BN6.2C6H6Se.S.W/c1-10-7-13(4)20(17-10)16(21-14(5)8-11(2)18-21)22-15(6)9-12(3)19-22;2*7-6-4-2-1-3-5-6;;/h7-9,16H,1-6H3;2*1-5,7H;;/q-1;;;-2;/p-2. The SMILES string of the molecule is Cc1cc(C)n([BH-](n2nc(C)cc2C)n2nc(C)cc2C)n1.[S-2].[Se-]c1ccccc1.[Se-]c1ccccc1.[W]. The van der Waals surface area contributed by atoms with E-state index in [-0.39, 0.29) is 34.6 Å². The van der Waals surface area contributed by atoms with Crippen LogP contribution in [0.2, 0.25) is 0 Å². The minimum atomic E-state index is -1.26. The zero-order valence-electron chi connectivity index (χ0n) is 22.5. The van der Waals surface area contributed by atoms with Gasteiger partial charge in [-0.15, -0.1) is 0 Å². The minimum Gasteiger partial charge on any atom is 0 e. The number of aryl methyl sites for hydroxylation is 6. The van der Waals surface area contributed by atoms with E-state index < -0.39 is 7.12 Å². The van der Waals surface area contributed by atoms with E-state index in [1.54, 1.807) is 0 Å². The molecule has 0 aliphatic rings. The van der Waals surface area contributed by atoms with Gasteiger partial charge in [0.1, 0.15) is 0 Å². The molecule has 0 amide bonds. The summed E-state index contributed by atoms with van der Waals surface area (Å²) in [6.45, 7) is 12.3. The molecule has 2 aromatic carbocycles. The maximum absolute atomic E-state index is 4.70. The van der Waals surface area contributed by atoms with Crippen molar-refractivity contribution in [1.29, 1.82) is 0 Å². The Morgan fingerprint density at radius 3 is 0.947 bits per heavy atom. The van der Waals surface area contributed by atoms with Crippen molar-refractivity contribution in [3.8, 4) is 0 Å². The second kappa shape index (κ2) is 16.3. The molecule has 0 atom stereocenters. The minimum absolute atomic E-state index is 0. The monoisotopic (exact) mass is 827 g/mol. The summed E-state index contributed by atoms with van der Waals surface area (Å²) in [6, 6.07) is 26.4. The van der Waals surface area contributed by atoms with Crippen molar-refractivity contribution in [2.75, 3.05) is 0 Å². The second-order valence-corrected chi connectivity index (χ2v) is 10.8. The summed E-state index contributed by atoms with van der Waals surface area (Å²) in [5.74, 6) is 0. The number of hydrogen-bond acceptors (Lipinski definition) is 3. The van der Waals surface area contributed by atoms with Gasteiger partial charge in [0.2, 0.25) is 0 Å². The summed E-state index contributed by atoms with van der Waals surface area (Å²) in [5.41, 5.74) is 6.40. The third-order valence-corrected chi connectivity index (χ3v) is 6.74. The number of hydrogen-bond donors (Lipinski definition) is 0. The predicted octanol–water partition coefficient (Wildman–Crippen LogP) is 2.74. The Morgan fingerprint density at radius 2 is 0.789 bits per heavy atom. The average molecular weight is 825 g/mol. The second-order valence-electron chi connectivity index (χ2n) is 8.83. The Balaban J connectivity index is 0.000000371. The first-order valence-corrected chi connectivity index (χ1v) is 13.6. The van der Waals surface area contributed by atoms with Crippen LogP contribution in [0.4, 0.5) is 0 Å². The van der Waals surface area contributed by atoms with Crippen LogP contribution in [0.5, 0.6) is 0 Å². The van der Waals surface area contributed by atoms with E-state index in [1.807, 2.05) is 81.4 Å². The van der Waals surface area contributed by atoms with Gasteiger partial charge in [0.25, 0.3) is 0 Å². The van der Waals surface area contributed by atoms with Crippen LogP contribution < -0.4 is 8.92 Å². The molecule has 3 heterocycles. The van der Waals surface area contributed by atoms with E-state index in [9.17, 15) is 0 Å². The quantitative estimate of drug-likeness (QED) is 0.264. The van der Waals surface area contributed by atoms with Crippen molar-refractivity contribution in [1.82, 2.24) is 29.1 Å². The summed E-state index contributed by atoms with van der Waals surface area (Å²) < 4.78 is 8.58. The molecule has 0 unspecified atom stereocenters. The molecular weight excluding hydrogens is 793 g/mol. The molecular formula is C27H32BN6SSe2W-5. The molecule has 0 bridgehead atoms. The van der Waals surface area contributed by atoms with Gasteiger partial charge in [-0.1, -0.05) is 0 Å². The van der Waals surface area contributed by atoms with Gasteiger partial charge >= 0.3 is 109 Å². The molecule has 0 fully saturated rings. The fourth-order valence-corrected chi connectivity index (χ4v) is 4.76. The Bertz CT molecular complexity index is 1240. The van der Waals surface area contributed by atoms with E-state index in [1.165, 1.54) is 8.92 Å². The molecule has 0 radical (unpaired) electrons. The maximum Gasteiger partial charge on any atom is 0 e. The van der Waals surface area contributed by atoms with E-state index in [2.05, 4.69) is 84.8 Å². The molecule has 0 saturated heterocycles. The smallest absolute Gasteiger partial charge is 0 e. The fraction of sp³-hybridized carbons (Fsp3) is 0.222. The van der Waals surface area contributed by atoms with Crippen LogP contribution in [0.1, 0.15) is 34.2 Å². The zero-order chi connectivity index (χ0) is 26.2. The average Bonchev–Trinajstić information content (AvgIpc) is 3.46. The Labute approximate surface area is 264 Å². The molecule has 5 rings (SSSR count). The van der Waals surface area contributed by atoms with Crippen LogP contribution in [0.15, 0.2) is 78.9 Å². The molecule has 38 heavy (non-hydrogen) atoms. The van der Waals surface area contributed by atoms with Gasteiger partial charge < -0.3 is 27.3 Å². The van der Waals surface area contributed by atoms with Gasteiger partial charge in [0.05, 0.1) is 17.1 Å². The van der Waals surface area contributed by atoms with Gasteiger partial charge in [-0.05, 0) is 76.8 Å². The molecule has 0 aliphatic heterocycles. The molecule has 202 valence electrons. The Hall–Kier alpha value is -1.79. The van der Waals surface area contributed by atoms with Gasteiger partial charge in [0.15, 0.2) is 0 Å². The van der Waals surface area contributed by atoms with Crippen LogP contribution in [-0.4, -0.2) is 68.2 Å². The summed E-state index contributed by atoms with van der Waals surface area (Å²) in [6.07, 6.45) is 0. The first-order chi connectivity index (χ1) is 17.2. The van der Waals surface area contributed by atoms with E-state index in [0.29, 0.717) is 0 Å². The largest absolute Gasteiger partial charge is 0 e. The number of aromatic nitrogens is 6. The topological polar surface area (TPSA) is 53.5 Å². The summed E-state index contributed by atoms with van der Waals surface area (Å²) in [5, 5.41) is 14.1. The number of rotatable bonds is 3. The van der Waals surface area contributed by atoms with Crippen LogP contribution in [-0.2, 0) is 34.6 Å². The fourth-order valence-electron chi connectivity index (χ4n) is 4.11. The molecule has 0 spiro atoms. The summed E-state index contributed by atoms with van der Waals surface area (Å²) >= 11 is 5.80. The summed E-state index contributed by atoms with van der Waals surface area (Å²) in [4.78, 5) is 0. The van der Waals surface area contributed by atoms with Gasteiger partial charge in [-0.25, -0.2) is 15.3 Å². The normalized spacial score (nSPS) is 9.87. The van der Waals surface area contributed by atoms with E-state index in [0.717, 1.165) is 34.2 Å². The van der Waals surface area contributed by atoms with E-state index >= 15 is 0 Å². The molecule has 0 saturated carbocycles. The third-order valence-electron chi connectivity index (χ3n) is 5.60. The molecule has 5 aromatic rings. The first kappa shape index (κ1) is 34.2. The summed E-state index contributed by atoms with van der Waals surface area (Å²) in [7, 11) is -1.26. The van der Waals surface area contributed by atoms with Crippen molar-refractivity contribution in [3.63, 3.8) is 0 Å². The van der Waals surface area contributed by atoms with Crippen molar-refractivity contribution in [2.24, 2.45) is 0 Å². The van der Waals surface area contributed by atoms with E-state index in [4.69, 9.17) is 15.3 Å². The maximum atomic E-state index is 4.70. The van der Waals surface area contributed by atoms with Gasteiger partial charge in [-0.3, -0.25) is 0 Å². The predicted molar refractivity (Wildman–Crippen MR) is 159 cm³/mol. The zero-order valence-corrected chi connectivity index (χ0v) is 29.7. The Kier molecular flexibility index (Phi) is 14.7. The Morgan fingerprint density at radius 1 is 0.526 bits per heavy atom. The molecule has 0 aliphatic carbocycles. The van der Waals surface area contributed by atoms with Crippen LogP contribution in [0.25, 0.3) is 0 Å².